The Labute approximate surface area is 126 Å². The van der Waals surface area contributed by atoms with Gasteiger partial charge in [-0.1, -0.05) is 19.4 Å². The Morgan fingerprint density at radius 3 is 2.76 bits per heavy atom. The molecule has 4 atom stereocenters. The first-order chi connectivity index (χ1) is 10.0. The molecule has 0 amide bonds. The molecule has 4 unspecified atom stereocenters. The second kappa shape index (κ2) is 4.41. The molecule has 4 aliphatic rings. The number of rotatable bonds is 0. The van der Waals surface area contributed by atoms with Gasteiger partial charge in [-0.3, -0.25) is 9.59 Å². The molecule has 0 aromatic carbocycles. The Hall–Kier alpha value is -1.18. The van der Waals surface area contributed by atoms with Crippen LogP contribution in [0.1, 0.15) is 58.8 Å². The normalized spacial score (nSPS) is 42.4. The number of allylic oxidation sites excluding steroid dienone is 4. The van der Waals surface area contributed by atoms with Crippen LogP contribution in [0.5, 0.6) is 0 Å². The maximum absolute atomic E-state index is 12.4. The molecule has 0 saturated heterocycles. The summed E-state index contributed by atoms with van der Waals surface area (Å²) >= 11 is 0. The summed E-state index contributed by atoms with van der Waals surface area (Å²) < 4.78 is 0. The average Bonchev–Trinajstić information content (AvgIpc) is 2.74. The summed E-state index contributed by atoms with van der Waals surface area (Å²) in [5, 5.41) is 0. The number of carbonyl (C=O) groups excluding carboxylic acids is 2. The summed E-state index contributed by atoms with van der Waals surface area (Å²) in [6.07, 6.45) is 8.55. The van der Waals surface area contributed by atoms with Crippen LogP contribution in [-0.4, -0.2) is 11.6 Å². The molecular weight excluding hydrogens is 260 g/mol. The predicted molar refractivity (Wildman–Crippen MR) is 81.7 cm³/mol. The van der Waals surface area contributed by atoms with E-state index in [2.05, 4.69) is 13.8 Å². The monoisotopic (exact) mass is 284 g/mol. The Kier molecular flexibility index (Phi) is 2.83. The molecule has 0 spiro atoms. The number of ketones is 2. The van der Waals surface area contributed by atoms with E-state index < -0.39 is 0 Å². The second-order valence-corrected chi connectivity index (χ2v) is 7.83. The number of Topliss-reactive ketones (excluding diaryl/α,β-unsaturated/α-hetero) is 1. The average molecular weight is 284 g/mol. The fourth-order valence-corrected chi connectivity index (χ4v) is 5.68. The number of fused-ring (bicyclic) bond motifs is 4. The highest BCUT2D eigenvalue weighted by molar-refractivity contribution is 5.93. The molecular formula is C19H24O2. The molecule has 4 rings (SSSR count). The molecule has 0 heterocycles. The molecule has 21 heavy (non-hydrogen) atoms. The molecule has 112 valence electrons. The number of hydrogen-bond acceptors (Lipinski definition) is 2. The third-order valence-electron chi connectivity index (χ3n) is 6.77. The van der Waals surface area contributed by atoms with E-state index in [1.807, 2.05) is 6.08 Å². The van der Waals surface area contributed by atoms with Gasteiger partial charge in [-0.2, -0.15) is 0 Å². The van der Waals surface area contributed by atoms with Gasteiger partial charge in [0.05, 0.1) is 0 Å². The van der Waals surface area contributed by atoms with E-state index in [-0.39, 0.29) is 5.41 Å². The minimum atomic E-state index is -0.0608. The van der Waals surface area contributed by atoms with Crippen LogP contribution < -0.4 is 0 Å². The quantitative estimate of drug-likeness (QED) is 0.673. The maximum atomic E-state index is 12.4. The van der Waals surface area contributed by atoms with Gasteiger partial charge in [-0.05, 0) is 67.1 Å². The van der Waals surface area contributed by atoms with Crippen LogP contribution in [0, 0.1) is 23.2 Å². The van der Waals surface area contributed by atoms with Gasteiger partial charge in [0, 0.05) is 18.3 Å². The van der Waals surface area contributed by atoms with Gasteiger partial charge >= 0.3 is 0 Å². The Bertz CT molecular complexity index is 595. The highest BCUT2D eigenvalue weighted by Crippen LogP contribution is 2.59. The highest BCUT2D eigenvalue weighted by Gasteiger charge is 2.54. The third kappa shape index (κ3) is 1.77. The zero-order valence-corrected chi connectivity index (χ0v) is 13.1. The van der Waals surface area contributed by atoms with Crippen molar-refractivity contribution in [1.82, 2.24) is 0 Å². The summed E-state index contributed by atoms with van der Waals surface area (Å²) in [6, 6.07) is 0. The van der Waals surface area contributed by atoms with Crippen LogP contribution in [0.25, 0.3) is 0 Å². The molecule has 0 aromatic heterocycles. The Balaban J connectivity index is 1.80. The summed E-state index contributed by atoms with van der Waals surface area (Å²) in [7, 11) is 0. The fourth-order valence-electron chi connectivity index (χ4n) is 5.68. The molecule has 0 radical (unpaired) electrons. The lowest BCUT2D eigenvalue weighted by Crippen LogP contribution is -2.43. The molecule has 0 bridgehead atoms. The summed E-state index contributed by atoms with van der Waals surface area (Å²) in [4.78, 5) is 24.1. The zero-order valence-electron chi connectivity index (χ0n) is 13.1. The van der Waals surface area contributed by atoms with Crippen LogP contribution in [0.2, 0.25) is 0 Å². The molecule has 2 heteroatoms. The molecule has 4 aliphatic carbocycles. The van der Waals surface area contributed by atoms with E-state index in [0.717, 1.165) is 38.5 Å². The Morgan fingerprint density at radius 1 is 1.14 bits per heavy atom. The lowest BCUT2D eigenvalue weighted by atomic mass is 9.55. The molecule has 0 N–H and O–H groups in total. The largest absolute Gasteiger partial charge is 0.299 e. The van der Waals surface area contributed by atoms with Crippen molar-refractivity contribution < 1.29 is 9.59 Å². The first kappa shape index (κ1) is 13.5. The van der Waals surface area contributed by atoms with Gasteiger partial charge < -0.3 is 0 Å². The van der Waals surface area contributed by atoms with Gasteiger partial charge in [-0.25, -0.2) is 0 Å². The number of carbonyl (C=O) groups is 2. The SMILES string of the molecule is CC1CC2=CC(=O)CCC2=C2CCC3(C)C(=O)CCC3C21. The van der Waals surface area contributed by atoms with Crippen LogP contribution in [0.15, 0.2) is 22.8 Å². The lowest BCUT2D eigenvalue weighted by molar-refractivity contribution is -0.128. The molecule has 2 saturated carbocycles. The van der Waals surface area contributed by atoms with Crippen molar-refractivity contribution in [3.8, 4) is 0 Å². The Morgan fingerprint density at radius 2 is 1.95 bits per heavy atom. The highest BCUT2D eigenvalue weighted by atomic mass is 16.1. The topological polar surface area (TPSA) is 34.1 Å². The van der Waals surface area contributed by atoms with E-state index in [0.29, 0.717) is 35.7 Å². The van der Waals surface area contributed by atoms with Gasteiger partial charge in [0.25, 0.3) is 0 Å². The number of hydrogen-bond donors (Lipinski definition) is 0. The summed E-state index contributed by atoms with van der Waals surface area (Å²) in [5.41, 5.74) is 4.37. The van der Waals surface area contributed by atoms with Crippen molar-refractivity contribution in [2.45, 2.75) is 58.8 Å². The van der Waals surface area contributed by atoms with Gasteiger partial charge in [-0.15, -0.1) is 0 Å². The molecule has 2 fully saturated rings. The van der Waals surface area contributed by atoms with Crippen molar-refractivity contribution in [3.05, 3.63) is 22.8 Å². The van der Waals surface area contributed by atoms with Crippen molar-refractivity contribution in [3.63, 3.8) is 0 Å². The van der Waals surface area contributed by atoms with Crippen LogP contribution in [-0.2, 0) is 9.59 Å². The van der Waals surface area contributed by atoms with E-state index >= 15 is 0 Å². The van der Waals surface area contributed by atoms with E-state index in [1.165, 1.54) is 11.1 Å². The standard InChI is InChI=1S/C19H24O2/c1-11-9-12-10-13(20)3-4-14(12)15-7-8-19(2)16(18(11)15)5-6-17(19)21/h10-11,16,18H,3-9H2,1-2H3. The maximum Gasteiger partial charge on any atom is 0.156 e. The first-order valence-corrected chi connectivity index (χ1v) is 8.49. The third-order valence-corrected chi connectivity index (χ3v) is 6.77. The molecule has 2 nitrogen and oxygen atoms in total. The van der Waals surface area contributed by atoms with E-state index in [1.54, 1.807) is 5.57 Å². The van der Waals surface area contributed by atoms with Gasteiger partial charge in [0.15, 0.2) is 5.78 Å². The molecule has 0 aromatic rings. The first-order valence-electron chi connectivity index (χ1n) is 8.49. The van der Waals surface area contributed by atoms with Crippen LogP contribution in [0.4, 0.5) is 0 Å². The second-order valence-electron chi connectivity index (χ2n) is 7.83. The van der Waals surface area contributed by atoms with E-state index in [4.69, 9.17) is 0 Å². The lowest BCUT2D eigenvalue weighted by Gasteiger charge is -2.49. The van der Waals surface area contributed by atoms with Gasteiger partial charge in [0.1, 0.15) is 5.78 Å². The minimum absolute atomic E-state index is 0.0608. The van der Waals surface area contributed by atoms with E-state index in [9.17, 15) is 9.59 Å². The van der Waals surface area contributed by atoms with Gasteiger partial charge in [0.2, 0.25) is 0 Å². The predicted octanol–water partition coefficient (Wildman–Crippen LogP) is 4.01. The van der Waals surface area contributed by atoms with Crippen molar-refractivity contribution in [2.24, 2.45) is 23.2 Å². The van der Waals surface area contributed by atoms with Crippen molar-refractivity contribution >= 4 is 11.6 Å². The smallest absolute Gasteiger partial charge is 0.156 e. The summed E-state index contributed by atoms with van der Waals surface area (Å²) in [6.45, 7) is 4.55. The molecule has 0 aliphatic heterocycles. The summed E-state index contributed by atoms with van der Waals surface area (Å²) in [5.74, 6) is 2.53. The minimum Gasteiger partial charge on any atom is -0.299 e. The zero-order chi connectivity index (χ0) is 14.8. The van der Waals surface area contributed by atoms with Crippen LogP contribution in [0.3, 0.4) is 0 Å². The van der Waals surface area contributed by atoms with Crippen LogP contribution >= 0.6 is 0 Å². The van der Waals surface area contributed by atoms with Crippen molar-refractivity contribution in [2.75, 3.05) is 0 Å². The van der Waals surface area contributed by atoms with Crippen molar-refractivity contribution in [1.29, 1.82) is 0 Å². The fraction of sp³-hybridized carbons (Fsp3) is 0.684.